The summed E-state index contributed by atoms with van der Waals surface area (Å²) in [7, 11) is 0. The highest BCUT2D eigenvalue weighted by Gasteiger charge is 2.77. The van der Waals surface area contributed by atoms with E-state index in [1.165, 1.54) is 18.6 Å². The van der Waals surface area contributed by atoms with Gasteiger partial charge in [-0.25, -0.2) is 0 Å². The molecule has 4 aliphatic rings. The number of non-ortho nitro benzene ring substituents is 1. The highest BCUT2D eigenvalue weighted by Crippen LogP contribution is 2.81. The molecule has 7 heteroatoms. The Morgan fingerprint density at radius 3 is 2.52 bits per heavy atom. The van der Waals surface area contributed by atoms with Gasteiger partial charge < -0.3 is 4.74 Å². The summed E-state index contributed by atoms with van der Waals surface area (Å²) >= 11 is 0. The van der Waals surface area contributed by atoms with Crippen LogP contribution in [0.4, 0.5) is 11.4 Å². The predicted octanol–water partition coefficient (Wildman–Crippen LogP) is 2.92. The summed E-state index contributed by atoms with van der Waals surface area (Å²) in [6.45, 7) is 0.160. The molecular weight excluding hydrogens is 300 g/mol. The van der Waals surface area contributed by atoms with Crippen molar-refractivity contribution in [1.82, 2.24) is 0 Å². The first-order valence-corrected chi connectivity index (χ1v) is 8.09. The Hall–Kier alpha value is -2.02. The first kappa shape index (κ1) is 13.4. The topological polar surface area (TPSA) is 95.5 Å². The summed E-state index contributed by atoms with van der Waals surface area (Å²) in [6, 6.07) is 3.76. The smallest absolute Gasteiger partial charge is 0.281 e. The van der Waals surface area contributed by atoms with E-state index in [1.807, 2.05) is 0 Å². The second-order valence-corrected chi connectivity index (χ2v) is 7.37. The Balaban J connectivity index is 1.27. The average Bonchev–Trinajstić information content (AvgIpc) is 3.20. The number of rotatable bonds is 5. The summed E-state index contributed by atoms with van der Waals surface area (Å²) in [5, 5.41) is 21.9. The maximum atomic E-state index is 11.1. The molecule has 7 atom stereocenters. The summed E-state index contributed by atoms with van der Waals surface area (Å²) in [5.74, 6) is 5.27. The van der Waals surface area contributed by atoms with Crippen molar-refractivity contribution < 1.29 is 14.6 Å². The molecule has 120 valence electrons. The van der Waals surface area contributed by atoms with Gasteiger partial charge in [-0.2, -0.15) is 0 Å². The van der Waals surface area contributed by atoms with Crippen molar-refractivity contribution in [3.63, 3.8) is 0 Å². The Bertz CT molecular complexity index is 735. The highest BCUT2D eigenvalue weighted by molar-refractivity contribution is 5.48. The molecular formula is C16H16N2O5. The fourth-order valence-electron chi connectivity index (χ4n) is 5.49. The molecule has 0 aromatic heterocycles. The lowest BCUT2D eigenvalue weighted by molar-refractivity contribution is -0.394. The number of ether oxygens (including phenoxy) is 1. The Morgan fingerprint density at radius 2 is 1.78 bits per heavy atom. The molecule has 4 aliphatic carbocycles. The fourth-order valence-corrected chi connectivity index (χ4v) is 5.49. The van der Waals surface area contributed by atoms with Gasteiger partial charge in [-0.15, -0.1) is 0 Å². The molecule has 0 spiro atoms. The van der Waals surface area contributed by atoms with Crippen molar-refractivity contribution >= 4 is 11.4 Å². The maximum Gasteiger partial charge on any atom is 0.281 e. The number of benzene rings is 1. The van der Waals surface area contributed by atoms with E-state index in [0.29, 0.717) is 11.5 Å². The van der Waals surface area contributed by atoms with Gasteiger partial charge in [-0.3, -0.25) is 20.2 Å². The Labute approximate surface area is 131 Å². The van der Waals surface area contributed by atoms with Gasteiger partial charge in [0.1, 0.15) is 0 Å². The fraction of sp³-hybridized carbons (Fsp3) is 0.625. The molecule has 0 unspecified atom stereocenters. The van der Waals surface area contributed by atoms with Crippen molar-refractivity contribution in [1.29, 1.82) is 0 Å². The zero-order chi connectivity index (χ0) is 15.9. The van der Waals surface area contributed by atoms with Gasteiger partial charge in [0.25, 0.3) is 11.4 Å². The standard InChI is InChI=1S/C16H16N2O5/c19-17(20)8-2-1-7(12(3-8)18(21)22)6-23-13-5-11-14-9-4-10(9)16(14)15(11)13/h1-3,9-11,13-16H,4-6H2/t9-,10+,11-,13+,14-,15-,16+/m0/s1. The Morgan fingerprint density at radius 1 is 1.00 bits per heavy atom. The molecule has 0 heterocycles. The minimum absolute atomic E-state index is 0.160. The van der Waals surface area contributed by atoms with Gasteiger partial charge in [0.15, 0.2) is 0 Å². The zero-order valence-corrected chi connectivity index (χ0v) is 12.3. The van der Waals surface area contributed by atoms with Crippen molar-refractivity contribution in [2.24, 2.45) is 35.5 Å². The molecule has 7 nitrogen and oxygen atoms in total. The van der Waals surface area contributed by atoms with Crippen LogP contribution in [-0.2, 0) is 11.3 Å². The van der Waals surface area contributed by atoms with Crippen LogP contribution in [0.1, 0.15) is 18.4 Å². The third kappa shape index (κ3) is 1.68. The van der Waals surface area contributed by atoms with Crippen molar-refractivity contribution in [3.05, 3.63) is 44.0 Å². The van der Waals surface area contributed by atoms with E-state index in [0.717, 1.165) is 42.1 Å². The van der Waals surface area contributed by atoms with Crippen LogP contribution in [-0.4, -0.2) is 16.0 Å². The average molecular weight is 316 g/mol. The lowest BCUT2D eigenvalue weighted by atomic mass is 9.38. The molecule has 5 rings (SSSR count). The largest absolute Gasteiger partial charge is 0.373 e. The molecule has 0 bridgehead atoms. The molecule has 0 N–H and O–H groups in total. The quantitative estimate of drug-likeness (QED) is 0.614. The van der Waals surface area contributed by atoms with E-state index in [4.69, 9.17) is 4.74 Å². The maximum absolute atomic E-state index is 11.1. The molecule has 4 fully saturated rings. The second kappa shape index (κ2) is 4.29. The third-order valence-corrected chi connectivity index (χ3v) is 6.62. The normalized spacial score (nSPS) is 41.3. The number of nitrogens with zero attached hydrogens (tertiary/aromatic N) is 2. The molecule has 0 amide bonds. The number of nitro benzene ring substituents is 2. The minimum Gasteiger partial charge on any atom is -0.373 e. The van der Waals surface area contributed by atoms with Crippen molar-refractivity contribution in [2.45, 2.75) is 25.6 Å². The molecule has 23 heavy (non-hydrogen) atoms. The summed E-state index contributed by atoms with van der Waals surface area (Å²) in [6.07, 6.45) is 2.70. The van der Waals surface area contributed by atoms with Crippen LogP contribution in [0, 0.1) is 55.7 Å². The van der Waals surface area contributed by atoms with E-state index < -0.39 is 9.85 Å². The highest BCUT2D eigenvalue weighted by atomic mass is 16.6. The summed E-state index contributed by atoms with van der Waals surface area (Å²) in [4.78, 5) is 20.7. The van der Waals surface area contributed by atoms with Crippen LogP contribution in [0.5, 0.6) is 0 Å². The Kier molecular flexibility index (Phi) is 2.50. The van der Waals surface area contributed by atoms with Gasteiger partial charge >= 0.3 is 0 Å². The summed E-state index contributed by atoms with van der Waals surface area (Å²) in [5.41, 5.74) is -0.0782. The predicted molar refractivity (Wildman–Crippen MR) is 78.5 cm³/mol. The van der Waals surface area contributed by atoms with Gasteiger partial charge in [0.2, 0.25) is 0 Å². The van der Waals surface area contributed by atoms with Crippen molar-refractivity contribution in [3.8, 4) is 0 Å². The number of hydrogen-bond donors (Lipinski definition) is 0. The second-order valence-electron chi connectivity index (χ2n) is 7.37. The monoisotopic (exact) mass is 316 g/mol. The molecule has 1 aromatic carbocycles. The van der Waals surface area contributed by atoms with Crippen LogP contribution in [0.2, 0.25) is 0 Å². The number of fused-ring (bicyclic) bond motifs is 7. The first-order chi connectivity index (χ1) is 11.1. The molecule has 0 aliphatic heterocycles. The van der Waals surface area contributed by atoms with Crippen LogP contribution < -0.4 is 0 Å². The molecule has 0 saturated heterocycles. The van der Waals surface area contributed by atoms with E-state index in [2.05, 4.69) is 0 Å². The minimum atomic E-state index is -0.620. The van der Waals surface area contributed by atoms with Gasteiger partial charge in [0.05, 0.1) is 34.2 Å². The van der Waals surface area contributed by atoms with E-state index in [-0.39, 0.29) is 24.1 Å². The number of hydrogen-bond acceptors (Lipinski definition) is 5. The van der Waals surface area contributed by atoms with Crippen LogP contribution in [0.25, 0.3) is 0 Å². The lowest BCUT2D eigenvalue weighted by Crippen LogP contribution is -2.67. The van der Waals surface area contributed by atoms with Crippen LogP contribution >= 0.6 is 0 Å². The molecule has 0 radical (unpaired) electrons. The SMILES string of the molecule is O=[N+]([O-])c1ccc(CO[C@@H]2C[C@H]3[C@@H]4[C@H]5C[C@H]5[C@H]4[C@@H]32)c([N+](=O)[O-])c1. The van der Waals surface area contributed by atoms with Gasteiger partial charge in [-0.05, 0) is 54.4 Å². The van der Waals surface area contributed by atoms with E-state index in [1.54, 1.807) is 0 Å². The van der Waals surface area contributed by atoms with Crippen molar-refractivity contribution in [2.75, 3.05) is 0 Å². The zero-order valence-electron chi connectivity index (χ0n) is 12.3. The lowest BCUT2D eigenvalue weighted by Gasteiger charge is -2.68. The number of nitro groups is 2. The van der Waals surface area contributed by atoms with Crippen LogP contribution in [0.15, 0.2) is 18.2 Å². The third-order valence-electron chi connectivity index (χ3n) is 6.62. The summed E-state index contributed by atoms with van der Waals surface area (Å²) < 4.78 is 5.93. The van der Waals surface area contributed by atoms with Crippen LogP contribution in [0.3, 0.4) is 0 Å². The van der Waals surface area contributed by atoms with Gasteiger partial charge in [0, 0.05) is 6.07 Å². The van der Waals surface area contributed by atoms with Gasteiger partial charge in [-0.1, -0.05) is 0 Å². The molecule has 1 aromatic rings. The molecule has 4 saturated carbocycles. The first-order valence-electron chi connectivity index (χ1n) is 8.09. The van der Waals surface area contributed by atoms with E-state index >= 15 is 0 Å². The van der Waals surface area contributed by atoms with E-state index in [9.17, 15) is 20.2 Å².